The van der Waals surface area contributed by atoms with Gasteiger partial charge in [0.05, 0.1) is 19.1 Å². The highest BCUT2D eigenvalue weighted by molar-refractivity contribution is 5.82. The molecule has 2 heterocycles. The summed E-state index contributed by atoms with van der Waals surface area (Å²) in [5, 5.41) is 3.14. The van der Waals surface area contributed by atoms with E-state index >= 15 is 0 Å². The minimum absolute atomic E-state index is 0.0834. The lowest BCUT2D eigenvalue weighted by Gasteiger charge is -2.49. The van der Waals surface area contributed by atoms with Crippen molar-refractivity contribution in [3.8, 4) is 5.75 Å². The molecule has 0 unspecified atom stereocenters. The number of benzene rings is 2. The summed E-state index contributed by atoms with van der Waals surface area (Å²) in [5.74, 6) is 0.915. The molecule has 1 fully saturated rings. The van der Waals surface area contributed by atoms with Crippen LogP contribution in [0.25, 0.3) is 0 Å². The van der Waals surface area contributed by atoms with Crippen LogP contribution in [0.4, 0.5) is 11.4 Å². The van der Waals surface area contributed by atoms with Gasteiger partial charge < -0.3 is 24.6 Å². The third-order valence-corrected chi connectivity index (χ3v) is 6.21. The maximum Gasteiger partial charge on any atom is 0.225 e. The van der Waals surface area contributed by atoms with Crippen molar-refractivity contribution < 1.29 is 14.3 Å². The molecule has 2 aliphatic heterocycles. The van der Waals surface area contributed by atoms with Crippen LogP contribution in [-0.2, 0) is 16.0 Å². The van der Waals surface area contributed by atoms with Crippen LogP contribution in [0.3, 0.4) is 0 Å². The molecule has 0 radical (unpaired) electrons. The standard InChI is InChI=1S/C24H31N3O3/c1-29-14-6-11-25-24(28)21-15-18-9-10-20(30-2)16-22(18)27-13-12-26(17-23(21)27)19-7-4-3-5-8-19/h3-5,7-10,16,21,23H,6,11-15,17H2,1-2H3,(H,25,28)/t21-,23+/m1/s1. The Kier molecular flexibility index (Phi) is 6.43. The van der Waals surface area contributed by atoms with Crippen LogP contribution in [-0.4, -0.2) is 59.0 Å². The van der Waals surface area contributed by atoms with Gasteiger partial charge in [0.1, 0.15) is 5.75 Å². The summed E-state index contributed by atoms with van der Waals surface area (Å²) in [5.41, 5.74) is 3.64. The summed E-state index contributed by atoms with van der Waals surface area (Å²) in [6.45, 7) is 3.95. The number of para-hydroxylation sites is 1. The summed E-state index contributed by atoms with van der Waals surface area (Å²) >= 11 is 0. The molecule has 30 heavy (non-hydrogen) atoms. The Morgan fingerprint density at radius 3 is 2.73 bits per heavy atom. The van der Waals surface area contributed by atoms with Gasteiger partial charge >= 0.3 is 0 Å². The third-order valence-electron chi connectivity index (χ3n) is 6.21. The Bertz CT molecular complexity index is 858. The fourth-order valence-electron chi connectivity index (χ4n) is 4.64. The average molecular weight is 410 g/mol. The van der Waals surface area contributed by atoms with Crippen LogP contribution in [0.1, 0.15) is 12.0 Å². The van der Waals surface area contributed by atoms with E-state index in [1.165, 1.54) is 16.9 Å². The van der Waals surface area contributed by atoms with E-state index in [0.717, 1.165) is 38.2 Å². The number of ether oxygens (including phenoxy) is 2. The monoisotopic (exact) mass is 409 g/mol. The number of carbonyl (C=O) groups excluding carboxylic acids is 1. The summed E-state index contributed by atoms with van der Waals surface area (Å²) in [6.07, 6.45) is 1.58. The number of carbonyl (C=O) groups is 1. The number of piperazine rings is 1. The number of fused-ring (bicyclic) bond motifs is 3. The lowest BCUT2D eigenvalue weighted by Crippen LogP contribution is -2.61. The number of nitrogens with zero attached hydrogens (tertiary/aromatic N) is 2. The van der Waals surface area contributed by atoms with Gasteiger partial charge in [-0.1, -0.05) is 24.3 Å². The molecule has 1 saturated heterocycles. The first-order valence-corrected chi connectivity index (χ1v) is 10.7. The van der Waals surface area contributed by atoms with Gasteiger partial charge in [-0.15, -0.1) is 0 Å². The molecule has 6 heteroatoms. The number of rotatable bonds is 7. The SMILES string of the molecule is COCCCNC(=O)[C@@H]1Cc2ccc(OC)cc2N2CCN(c3ccccc3)C[C@@H]12. The lowest BCUT2D eigenvalue weighted by atomic mass is 9.83. The van der Waals surface area contributed by atoms with Crippen LogP contribution >= 0.6 is 0 Å². The largest absolute Gasteiger partial charge is 0.497 e. The van der Waals surface area contributed by atoms with E-state index in [0.29, 0.717) is 13.2 Å². The lowest BCUT2D eigenvalue weighted by molar-refractivity contribution is -0.125. The smallest absolute Gasteiger partial charge is 0.225 e. The molecule has 0 spiro atoms. The minimum Gasteiger partial charge on any atom is -0.497 e. The zero-order chi connectivity index (χ0) is 20.9. The van der Waals surface area contributed by atoms with Crippen molar-refractivity contribution in [2.75, 3.05) is 56.8 Å². The van der Waals surface area contributed by atoms with Crippen molar-refractivity contribution in [2.24, 2.45) is 5.92 Å². The Labute approximate surface area is 178 Å². The topological polar surface area (TPSA) is 54.0 Å². The third kappa shape index (κ3) is 4.24. The van der Waals surface area contributed by atoms with Gasteiger partial charge in [-0.05, 0) is 36.6 Å². The molecule has 2 aromatic carbocycles. The molecule has 4 rings (SSSR count). The highest BCUT2D eigenvalue weighted by atomic mass is 16.5. The van der Waals surface area contributed by atoms with Gasteiger partial charge in [0, 0.05) is 57.3 Å². The fourth-order valence-corrected chi connectivity index (χ4v) is 4.64. The summed E-state index contributed by atoms with van der Waals surface area (Å²) in [6, 6.07) is 16.8. The predicted molar refractivity (Wildman–Crippen MR) is 119 cm³/mol. The molecule has 0 aliphatic carbocycles. The summed E-state index contributed by atoms with van der Waals surface area (Å²) < 4.78 is 10.6. The molecule has 0 saturated carbocycles. The van der Waals surface area contributed by atoms with E-state index in [-0.39, 0.29) is 17.9 Å². The van der Waals surface area contributed by atoms with Gasteiger partial charge in [0.25, 0.3) is 0 Å². The van der Waals surface area contributed by atoms with E-state index in [4.69, 9.17) is 9.47 Å². The van der Waals surface area contributed by atoms with Gasteiger partial charge in [-0.25, -0.2) is 0 Å². The highest BCUT2D eigenvalue weighted by Crippen LogP contribution is 2.38. The van der Waals surface area contributed by atoms with E-state index < -0.39 is 0 Å². The summed E-state index contributed by atoms with van der Waals surface area (Å²) in [4.78, 5) is 18.0. The van der Waals surface area contributed by atoms with Crippen molar-refractivity contribution in [1.82, 2.24) is 5.32 Å². The van der Waals surface area contributed by atoms with Crippen molar-refractivity contribution in [3.63, 3.8) is 0 Å². The molecule has 0 aromatic heterocycles. The van der Waals surface area contributed by atoms with Crippen molar-refractivity contribution in [2.45, 2.75) is 18.9 Å². The van der Waals surface area contributed by atoms with Crippen molar-refractivity contribution >= 4 is 17.3 Å². The molecule has 2 aromatic rings. The minimum atomic E-state index is -0.0834. The fraction of sp³-hybridized carbons (Fsp3) is 0.458. The Balaban J connectivity index is 1.59. The first-order valence-electron chi connectivity index (χ1n) is 10.7. The number of methoxy groups -OCH3 is 2. The number of amides is 1. The highest BCUT2D eigenvalue weighted by Gasteiger charge is 2.41. The maximum atomic E-state index is 13.2. The van der Waals surface area contributed by atoms with E-state index in [1.807, 2.05) is 12.1 Å². The zero-order valence-corrected chi connectivity index (χ0v) is 17.8. The Morgan fingerprint density at radius 1 is 1.13 bits per heavy atom. The van der Waals surface area contributed by atoms with E-state index in [1.54, 1.807) is 14.2 Å². The van der Waals surface area contributed by atoms with Crippen molar-refractivity contribution in [3.05, 3.63) is 54.1 Å². The van der Waals surface area contributed by atoms with Crippen LogP contribution in [0.15, 0.2) is 48.5 Å². The molecular weight excluding hydrogens is 378 g/mol. The Hall–Kier alpha value is -2.73. The molecule has 1 N–H and O–H groups in total. The number of hydrogen-bond acceptors (Lipinski definition) is 5. The number of anilines is 2. The van der Waals surface area contributed by atoms with Crippen LogP contribution in [0.5, 0.6) is 5.75 Å². The summed E-state index contributed by atoms with van der Waals surface area (Å²) in [7, 11) is 3.39. The molecule has 2 atom stereocenters. The van der Waals surface area contributed by atoms with Crippen LogP contribution in [0.2, 0.25) is 0 Å². The van der Waals surface area contributed by atoms with Gasteiger partial charge in [-0.3, -0.25) is 4.79 Å². The Morgan fingerprint density at radius 2 is 1.97 bits per heavy atom. The van der Waals surface area contributed by atoms with Crippen molar-refractivity contribution in [1.29, 1.82) is 0 Å². The average Bonchev–Trinajstić information content (AvgIpc) is 2.81. The zero-order valence-electron chi connectivity index (χ0n) is 17.8. The number of nitrogens with one attached hydrogen (secondary N) is 1. The van der Waals surface area contributed by atoms with E-state index in [9.17, 15) is 4.79 Å². The quantitative estimate of drug-likeness (QED) is 0.713. The molecular formula is C24H31N3O3. The second-order valence-corrected chi connectivity index (χ2v) is 7.98. The second kappa shape index (κ2) is 9.39. The van der Waals surface area contributed by atoms with Gasteiger partial charge in [0.15, 0.2) is 0 Å². The van der Waals surface area contributed by atoms with E-state index in [2.05, 4.69) is 51.5 Å². The molecule has 6 nitrogen and oxygen atoms in total. The molecule has 1 amide bonds. The van der Waals surface area contributed by atoms with Crippen LogP contribution < -0.4 is 19.9 Å². The van der Waals surface area contributed by atoms with Crippen LogP contribution in [0, 0.1) is 5.92 Å². The molecule has 2 aliphatic rings. The number of hydrogen-bond donors (Lipinski definition) is 1. The van der Waals surface area contributed by atoms with Gasteiger partial charge in [0.2, 0.25) is 5.91 Å². The predicted octanol–water partition coefficient (Wildman–Crippen LogP) is 2.72. The molecule has 0 bridgehead atoms. The molecule has 160 valence electrons. The van der Waals surface area contributed by atoms with Gasteiger partial charge in [-0.2, -0.15) is 0 Å². The first kappa shape index (κ1) is 20.5. The second-order valence-electron chi connectivity index (χ2n) is 7.98. The first-order chi connectivity index (χ1) is 14.7. The normalized spacial score (nSPS) is 20.3. The maximum absolute atomic E-state index is 13.2.